The van der Waals surface area contributed by atoms with Gasteiger partial charge in [-0.1, -0.05) is 13.0 Å². The topological polar surface area (TPSA) is 118 Å². The number of ether oxygens (including phenoxy) is 1. The number of carbonyl (C=O) groups excluding carboxylic acids is 1. The van der Waals surface area contributed by atoms with Crippen LogP contribution < -0.4 is 0 Å². The quantitative estimate of drug-likeness (QED) is 0.191. The third-order valence-corrected chi connectivity index (χ3v) is 4.22. The van der Waals surface area contributed by atoms with Gasteiger partial charge < -0.3 is 9.84 Å². The standard InChI is InChI=1S/C13H21O7S.Ca.2H/c1-4-13(16)20-9(2)11(10(3)21(17,18)19)7-5-6-8-12(14)15;;;/h4,9-11H,1,3,5-8H2,2H3,(H,14,15)(H,17,18,19);;;. The Hall–Kier alpha value is -0.150. The summed E-state index contributed by atoms with van der Waals surface area (Å²) in [5, 5.41) is 7.18. The Morgan fingerprint density at radius 1 is 1.32 bits per heavy atom. The third-order valence-electron chi connectivity index (χ3n) is 3.11. The first-order valence-corrected chi connectivity index (χ1v) is 7.94. The van der Waals surface area contributed by atoms with Gasteiger partial charge in [-0.05, 0) is 26.7 Å². The molecule has 3 atom stereocenters. The molecule has 0 bridgehead atoms. The molecule has 0 aliphatic carbocycles. The monoisotopic (exact) mass is 363 g/mol. The molecular formula is C13H23CaO7S. The number of carboxylic acids is 1. The van der Waals surface area contributed by atoms with Crippen LogP contribution in [0.2, 0.25) is 0 Å². The van der Waals surface area contributed by atoms with Crippen LogP contribution in [0.25, 0.3) is 0 Å². The van der Waals surface area contributed by atoms with Crippen molar-refractivity contribution in [2.24, 2.45) is 5.92 Å². The molecule has 22 heavy (non-hydrogen) atoms. The molecule has 7 nitrogen and oxygen atoms in total. The Kier molecular flexibility index (Phi) is 12.5. The predicted molar refractivity (Wildman–Crippen MR) is 84.6 cm³/mol. The normalized spacial score (nSPS) is 15.0. The van der Waals surface area contributed by atoms with Crippen molar-refractivity contribution >= 4 is 59.8 Å². The van der Waals surface area contributed by atoms with Gasteiger partial charge in [0.1, 0.15) is 6.10 Å². The Bertz CT molecular complexity index is 475. The summed E-state index contributed by atoms with van der Waals surface area (Å²) in [5.41, 5.74) is 0. The number of carbonyl (C=O) groups is 2. The molecule has 1 radical (unpaired) electrons. The fourth-order valence-electron chi connectivity index (χ4n) is 1.92. The molecule has 0 spiro atoms. The SMILES string of the molecule is [CH2]C(C(CCCCC(=O)O)C(C)OC(=O)C=C)S(=O)(=O)O.[CaH2]. The molecule has 0 rings (SSSR count). The zero-order chi connectivity index (χ0) is 16.6. The van der Waals surface area contributed by atoms with E-state index in [1.54, 1.807) is 0 Å². The second kappa shape index (κ2) is 11.4. The van der Waals surface area contributed by atoms with Gasteiger partial charge in [-0.15, -0.1) is 0 Å². The molecular weight excluding hydrogens is 340 g/mol. The molecule has 0 heterocycles. The average Bonchev–Trinajstić information content (AvgIpc) is 2.36. The van der Waals surface area contributed by atoms with Gasteiger partial charge >= 0.3 is 49.7 Å². The minimum atomic E-state index is -4.39. The zero-order valence-corrected chi connectivity index (χ0v) is 12.7. The number of esters is 1. The zero-order valence-electron chi connectivity index (χ0n) is 11.9. The van der Waals surface area contributed by atoms with Gasteiger partial charge in [-0.25, -0.2) is 4.79 Å². The maximum absolute atomic E-state index is 11.2. The van der Waals surface area contributed by atoms with Crippen molar-refractivity contribution in [3.63, 3.8) is 0 Å². The van der Waals surface area contributed by atoms with Gasteiger partial charge in [-0.3, -0.25) is 9.35 Å². The van der Waals surface area contributed by atoms with E-state index in [0.29, 0.717) is 12.8 Å². The Morgan fingerprint density at radius 3 is 2.27 bits per heavy atom. The minimum absolute atomic E-state index is 0. The number of aliphatic carboxylic acids is 1. The fraction of sp³-hybridized carbons (Fsp3) is 0.615. The van der Waals surface area contributed by atoms with Crippen molar-refractivity contribution in [2.75, 3.05) is 0 Å². The van der Waals surface area contributed by atoms with Gasteiger partial charge in [0, 0.05) is 18.4 Å². The summed E-state index contributed by atoms with van der Waals surface area (Å²) in [4.78, 5) is 21.6. The number of rotatable bonds is 10. The van der Waals surface area contributed by atoms with Gasteiger partial charge in [0.2, 0.25) is 0 Å². The van der Waals surface area contributed by atoms with Crippen LogP contribution in [0.4, 0.5) is 0 Å². The van der Waals surface area contributed by atoms with E-state index < -0.39 is 39.3 Å². The molecule has 0 fully saturated rings. The summed E-state index contributed by atoms with van der Waals surface area (Å²) in [6, 6.07) is 0. The van der Waals surface area contributed by atoms with Crippen molar-refractivity contribution < 1.29 is 32.4 Å². The van der Waals surface area contributed by atoms with E-state index >= 15 is 0 Å². The van der Waals surface area contributed by atoms with Crippen molar-refractivity contribution in [1.29, 1.82) is 0 Å². The van der Waals surface area contributed by atoms with Crippen LogP contribution in [0.1, 0.15) is 32.6 Å². The molecule has 0 amide bonds. The molecule has 0 aromatic rings. The molecule has 2 N–H and O–H groups in total. The summed E-state index contributed by atoms with van der Waals surface area (Å²) in [7, 11) is -4.39. The number of hydrogen-bond donors (Lipinski definition) is 2. The number of carboxylic acid groups (broad SMARTS) is 1. The Balaban J connectivity index is 0. The molecule has 0 aliphatic rings. The molecule has 0 aromatic carbocycles. The Morgan fingerprint density at radius 2 is 1.86 bits per heavy atom. The van der Waals surface area contributed by atoms with Crippen LogP contribution in [-0.2, 0) is 24.4 Å². The van der Waals surface area contributed by atoms with Crippen molar-refractivity contribution in [2.45, 2.75) is 44.0 Å². The summed E-state index contributed by atoms with van der Waals surface area (Å²) in [5.74, 6) is -2.39. The van der Waals surface area contributed by atoms with Gasteiger partial charge in [-0.2, -0.15) is 8.42 Å². The van der Waals surface area contributed by atoms with Crippen LogP contribution in [0.15, 0.2) is 12.7 Å². The van der Waals surface area contributed by atoms with Gasteiger partial charge in [0.15, 0.2) is 0 Å². The van der Waals surface area contributed by atoms with E-state index in [2.05, 4.69) is 13.5 Å². The number of unbranched alkanes of at least 4 members (excludes halogenated alkanes) is 1. The summed E-state index contributed by atoms with van der Waals surface area (Å²) >= 11 is 0. The van der Waals surface area contributed by atoms with Crippen molar-refractivity contribution in [1.82, 2.24) is 0 Å². The van der Waals surface area contributed by atoms with Crippen LogP contribution in [0, 0.1) is 12.8 Å². The third kappa shape index (κ3) is 9.78. The first-order valence-electron chi connectivity index (χ1n) is 6.43. The maximum atomic E-state index is 11.2. The van der Waals surface area contributed by atoms with E-state index in [1.807, 2.05) is 0 Å². The van der Waals surface area contributed by atoms with E-state index in [0.717, 1.165) is 6.08 Å². The molecule has 125 valence electrons. The van der Waals surface area contributed by atoms with Crippen LogP contribution in [0.5, 0.6) is 0 Å². The van der Waals surface area contributed by atoms with Gasteiger partial charge in [0.05, 0.1) is 5.25 Å². The van der Waals surface area contributed by atoms with E-state index in [1.165, 1.54) is 6.92 Å². The molecule has 3 unspecified atom stereocenters. The van der Waals surface area contributed by atoms with Crippen molar-refractivity contribution in [3.8, 4) is 0 Å². The van der Waals surface area contributed by atoms with E-state index in [9.17, 15) is 18.0 Å². The molecule has 0 saturated heterocycles. The van der Waals surface area contributed by atoms with Crippen LogP contribution >= 0.6 is 0 Å². The van der Waals surface area contributed by atoms with Crippen LogP contribution in [0.3, 0.4) is 0 Å². The number of hydrogen-bond acceptors (Lipinski definition) is 5. The van der Waals surface area contributed by atoms with E-state index in [4.69, 9.17) is 14.4 Å². The van der Waals surface area contributed by atoms with Gasteiger partial charge in [0.25, 0.3) is 10.1 Å². The van der Waals surface area contributed by atoms with Crippen molar-refractivity contribution in [3.05, 3.63) is 19.6 Å². The predicted octanol–water partition coefficient (Wildman–Crippen LogP) is 0.540. The molecule has 0 aromatic heterocycles. The van der Waals surface area contributed by atoms with E-state index in [-0.39, 0.29) is 50.6 Å². The molecule has 9 heteroatoms. The first-order chi connectivity index (χ1) is 9.59. The molecule has 0 aliphatic heterocycles. The Labute approximate surface area is 160 Å². The summed E-state index contributed by atoms with van der Waals surface area (Å²) in [6.07, 6.45) is 1.13. The first kappa shape index (κ1) is 24.1. The molecule has 0 saturated carbocycles. The second-order valence-corrected chi connectivity index (χ2v) is 6.34. The summed E-state index contributed by atoms with van der Waals surface area (Å²) in [6.45, 7) is 8.14. The average molecular weight is 363 g/mol. The summed E-state index contributed by atoms with van der Waals surface area (Å²) < 4.78 is 36.5. The fourth-order valence-corrected chi connectivity index (χ4v) is 2.72. The van der Waals surface area contributed by atoms with Crippen LogP contribution in [-0.4, -0.2) is 79.1 Å². The second-order valence-electron chi connectivity index (χ2n) is 4.70.